The van der Waals surface area contributed by atoms with Gasteiger partial charge in [0.25, 0.3) is 0 Å². The molecule has 0 bridgehead atoms. The Morgan fingerprint density at radius 1 is 1.60 bits per heavy atom. The maximum absolute atomic E-state index is 12.3. The van der Waals surface area contributed by atoms with E-state index in [9.17, 15) is 4.79 Å². The number of nitrogens with zero attached hydrogens (tertiary/aromatic N) is 2. The molecule has 20 heavy (non-hydrogen) atoms. The van der Waals surface area contributed by atoms with Gasteiger partial charge >= 0.3 is 5.97 Å². The lowest BCUT2D eigenvalue weighted by molar-refractivity contribution is -0.148. The van der Waals surface area contributed by atoms with Crippen LogP contribution in [0.1, 0.15) is 32.0 Å². The Hall–Kier alpha value is -1.08. The highest BCUT2D eigenvalue weighted by Crippen LogP contribution is 2.42. The van der Waals surface area contributed by atoms with E-state index < -0.39 is 5.54 Å². The first-order chi connectivity index (χ1) is 9.62. The summed E-state index contributed by atoms with van der Waals surface area (Å²) in [6, 6.07) is 0. The standard InChI is InChI=1S/C13H22N4O2S/c1-4-7-14-13(10-5-6-10,11(18)19-3)8-20-12-15-9(2)16-17-12/h10,14H,4-8H2,1-3H3,(H,15,16,17). The third-order valence-corrected chi connectivity index (χ3v) is 4.56. The lowest BCUT2D eigenvalue weighted by Crippen LogP contribution is -2.57. The molecule has 0 amide bonds. The van der Waals surface area contributed by atoms with Crippen molar-refractivity contribution in [2.24, 2.45) is 5.92 Å². The average Bonchev–Trinajstić information content (AvgIpc) is 3.22. The van der Waals surface area contributed by atoms with Crippen molar-refractivity contribution in [1.29, 1.82) is 0 Å². The maximum Gasteiger partial charge on any atom is 0.327 e. The predicted molar refractivity (Wildman–Crippen MR) is 77.6 cm³/mol. The van der Waals surface area contributed by atoms with E-state index in [0.29, 0.717) is 16.8 Å². The fraction of sp³-hybridized carbons (Fsp3) is 0.769. The lowest BCUT2D eigenvalue weighted by atomic mass is 9.95. The van der Waals surface area contributed by atoms with E-state index in [1.54, 1.807) is 0 Å². The molecule has 2 rings (SSSR count). The number of carbonyl (C=O) groups is 1. The summed E-state index contributed by atoms with van der Waals surface area (Å²) < 4.78 is 5.04. The van der Waals surface area contributed by atoms with Crippen LogP contribution in [-0.4, -0.2) is 46.1 Å². The van der Waals surface area contributed by atoms with Crippen LogP contribution in [0.2, 0.25) is 0 Å². The van der Waals surface area contributed by atoms with E-state index in [4.69, 9.17) is 4.74 Å². The maximum atomic E-state index is 12.3. The molecule has 112 valence electrons. The number of esters is 1. The Balaban J connectivity index is 2.09. The quantitative estimate of drug-likeness (QED) is 0.559. The minimum atomic E-state index is -0.607. The number of ether oxygens (including phenoxy) is 1. The minimum Gasteiger partial charge on any atom is -0.468 e. The van der Waals surface area contributed by atoms with E-state index in [2.05, 4.69) is 27.4 Å². The summed E-state index contributed by atoms with van der Waals surface area (Å²) >= 11 is 1.49. The van der Waals surface area contributed by atoms with Gasteiger partial charge in [-0.25, -0.2) is 4.98 Å². The van der Waals surface area contributed by atoms with Crippen molar-refractivity contribution in [3.63, 3.8) is 0 Å². The molecule has 1 aromatic rings. The molecule has 0 saturated heterocycles. The van der Waals surface area contributed by atoms with Crippen molar-refractivity contribution in [3.8, 4) is 0 Å². The van der Waals surface area contributed by atoms with Gasteiger partial charge in [-0.2, -0.15) is 0 Å². The smallest absolute Gasteiger partial charge is 0.327 e. The van der Waals surface area contributed by atoms with Gasteiger partial charge in [-0.15, -0.1) is 5.10 Å². The topological polar surface area (TPSA) is 79.9 Å². The summed E-state index contributed by atoms with van der Waals surface area (Å²) in [5.74, 6) is 1.56. The van der Waals surface area contributed by atoms with Gasteiger partial charge in [0, 0.05) is 5.75 Å². The Labute approximate surface area is 123 Å². The number of carbonyl (C=O) groups excluding carboxylic acids is 1. The molecule has 1 aromatic heterocycles. The van der Waals surface area contributed by atoms with Crippen LogP contribution in [0.15, 0.2) is 5.16 Å². The molecule has 1 heterocycles. The number of hydrogen-bond acceptors (Lipinski definition) is 6. The molecule has 0 aliphatic heterocycles. The molecule has 2 N–H and O–H groups in total. The Morgan fingerprint density at radius 3 is 2.85 bits per heavy atom. The minimum absolute atomic E-state index is 0.173. The van der Waals surface area contributed by atoms with E-state index in [-0.39, 0.29) is 5.97 Å². The first-order valence-electron chi connectivity index (χ1n) is 6.97. The SMILES string of the molecule is CCCNC(CSc1n[nH]c(C)n1)(C(=O)OC)C1CC1. The summed E-state index contributed by atoms with van der Waals surface area (Å²) in [5, 5.41) is 11.0. The zero-order chi connectivity index (χ0) is 14.6. The number of thioether (sulfide) groups is 1. The first-order valence-corrected chi connectivity index (χ1v) is 7.96. The van der Waals surface area contributed by atoms with Crippen LogP contribution in [0, 0.1) is 12.8 Å². The van der Waals surface area contributed by atoms with Gasteiger partial charge in [0.05, 0.1) is 7.11 Å². The molecule has 1 fully saturated rings. The predicted octanol–water partition coefficient (Wildman–Crippen LogP) is 1.53. The monoisotopic (exact) mass is 298 g/mol. The van der Waals surface area contributed by atoms with Crippen LogP contribution >= 0.6 is 11.8 Å². The van der Waals surface area contributed by atoms with Gasteiger partial charge in [-0.3, -0.25) is 9.89 Å². The Kier molecular flexibility index (Phi) is 5.04. The van der Waals surface area contributed by atoms with Crippen molar-refractivity contribution in [2.45, 2.75) is 43.8 Å². The first kappa shape index (κ1) is 15.3. The molecule has 7 heteroatoms. The summed E-state index contributed by atoms with van der Waals surface area (Å²) in [6.07, 6.45) is 3.12. The number of hydrogen-bond donors (Lipinski definition) is 2. The van der Waals surface area contributed by atoms with Crippen LogP contribution in [-0.2, 0) is 9.53 Å². The molecule has 0 aromatic carbocycles. The fourth-order valence-corrected chi connectivity index (χ4v) is 3.41. The van der Waals surface area contributed by atoms with Crippen LogP contribution < -0.4 is 5.32 Å². The third-order valence-electron chi connectivity index (χ3n) is 3.52. The number of rotatable bonds is 8. The Morgan fingerprint density at radius 2 is 2.35 bits per heavy atom. The summed E-state index contributed by atoms with van der Waals surface area (Å²) in [6.45, 7) is 4.76. The van der Waals surface area contributed by atoms with Gasteiger partial charge < -0.3 is 10.1 Å². The molecular weight excluding hydrogens is 276 g/mol. The van der Waals surface area contributed by atoms with E-state index in [0.717, 1.165) is 31.6 Å². The lowest BCUT2D eigenvalue weighted by Gasteiger charge is -2.31. The molecule has 0 spiro atoms. The molecule has 6 nitrogen and oxygen atoms in total. The van der Waals surface area contributed by atoms with Gasteiger partial charge in [0.2, 0.25) is 5.16 Å². The van der Waals surface area contributed by atoms with Gasteiger partial charge in [-0.1, -0.05) is 18.7 Å². The van der Waals surface area contributed by atoms with Crippen molar-refractivity contribution in [3.05, 3.63) is 5.82 Å². The zero-order valence-electron chi connectivity index (χ0n) is 12.2. The molecule has 0 radical (unpaired) electrons. The second-order valence-corrected chi connectivity index (χ2v) is 6.10. The van der Waals surface area contributed by atoms with Crippen molar-refractivity contribution in [1.82, 2.24) is 20.5 Å². The number of aromatic nitrogens is 3. The van der Waals surface area contributed by atoms with Gasteiger partial charge in [-0.05, 0) is 38.6 Å². The highest BCUT2D eigenvalue weighted by Gasteiger charge is 2.51. The third kappa shape index (κ3) is 3.32. The van der Waals surface area contributed by atoms with E-state index in [1.165, 1.54) is 18.9 Å². The second-order valence-electron chi connectivity index (χ2n) is 5.16. The molecule has 1 saturated carbocycles. The number of aromatic amines is 1. The Bertz CT molecular complexity index is 461. The number of aryl methyl sites for hydroxylation is 1. The van der Waals surface area contributed by atoms with Crippen LogP contribution in [0.5, 0.6) is 0 Å². The highest BCUT2D eigenvalue weighted by molar-refractivity contribution is 7.99. The van der Waals surface area contributed by atoms with Crippen LogP contribution in [0.3, 0.4) is 0 Å². The van der Waals surface area contributed by atoms with Gasteiger partial charge in [0.1, 0.15) is 11.4 Å². The molecular formula is C13H22N4O2S. The van der Waals surface area contributed by atoms with Gasteiger partial charge in [0.15, 0.2) is 0 Å². The normalized spacial score (nSPS) is 17.8. The second kappa shape index (κ2) is 6.58. The fourth-order valence-electron chi connectivity index (χ4n) is 2.28. The van der Waals surface area contributed by atoms with Crippen LogP contribution in [0.4, 0.5) is 0 Å². The van der Waals surface area contributed by atoms with Crippen molar-refractivity contribution >= 4 is 17.7 Å². The molecule has 1 aliphatic rings. The largest absolute Gasteiger partial charge is 0.468 e. The van der Waals surface area contributed by atoms with Crippen molar-refractivity contribution in [2.75, 3.05) is 19.4 Å². The average molecular weight is 298 g/mol. The van der Waals surface area contributed by atoms with E-state index in [1.807, 2.05) is 6.92 Å². The molecule has 1 atom stereocenters. The molecule has 1 aliphatic carbocycles. The number of H-pyrrole nitrogens is 1. The van der Waals surface area contributed by atoms with Crippen molar-refractivity contribution < 1.29 is 9.53 Å². The highest BCUT2D eigenvalue weighted by atomic mass is 32.2. The summed E-state index contributed by atoms with van der Waals surface area (Å²) in [4.78, 5) is 16.6. The number of methoxy groups -OCH3 is 1. The summed E-state index contributed by atoms with van der Waals surface area (Å²) in [5.41, 5.74) is -0.607. The summed E-state index contributed by atoms with van der Waals surface area (Å²) in [7, 11) is 1.45. The van der Waals surface area contributed by atoms with Crippen LogP contribution in [0.25, 0.3) is 0 Å². The molecule has 1 unspecified atom stereocenters. The zero-order valence-corrected chi connectivity index (χ0v) is 13.0. The van der Waals surface area contributed by atoms with E-state index >= 15 is 0 Å². The number of nitrogens with one attached hydrogen (secondary N) is 2.